The number of hydrogen-bond donors (Lipinski definition) is 1. The van der Waals surface area contributed by atoms with Crippen molar-refractivity contribution < 1.29 is 21.9 Å². The quantitative estimate of drug-likeness (QED) is 0.519. The summed E-state index contributed by atoms with van der Waals surface area (Å²) in [6.07, 6.45) is 2.70. The van der Waals surface area contributed by atoms with Gasteiger partial charge in [0.25, 0.3) is 0 Å². The van der Waals surface area contributed by atoms with Crippen LogP contribution in [0.3, 0.4) is 0 Å². The molecule has 0 saturated carbocycles. The van der Waals surface area contributed by atoms with Gasteiger partial charge in [-0.15, -0.1) is 0 Å². The first-order valence-electron chi connectivity index (χ1n) is 6.18. The predicted molar refractivity (Wildman–Crippen MR) is 69.7 cm³/mol. The van der Waals surface area contributed by atoms with Gasteiger partial charge < -0.3 is 22.5 Å². The summed E-state index contributed by atoms with van der Waals surface area (Å²) >= 11 is 0. The topological polar surface area (TPSA) is 38.3 Å². The van der Waals surface area contributed by atoms with Gasteiger partial charge in [0, 0.05) is 12.0 Å². The van der Waals surface area contributed by atoms with Crippen LogP contribution >= 0.6 is 0 Å². The van der Waals surface area contributed by atoms with Gasteiger partial charge in [-0.25, -0.2) is 0 Å². The molecule has 3 nitrogen and oxygen atoms in total. The summed E-state index contributed by atoms with van der Waals surface area (Å²) in [5.41, 5.74) is 0.759. The van der Waals surface area contributed by atoms with Crippen LogP contribution in [0.15, 0.2) is 24.3 Å². The van der Waals surface area contributed by atoms with Crippen molar-refractivity contribution in [3.63, 3.8) is 0 Å². The van der Waals surface area contributed by atoms with Crippen LogP contribution in [0.25, 0.3) is 0 Å². The highest BCUT2D eigenvalue weighted by atomic mass is 35.5. The second-order valence-electron chi connectivity index (χ2n) is 3.96. The molecular weight excluding hydrogens is 250 g/mol. The van der Waals surface area contributed by atoms with E-state index in [1.165, 1.54) is 0 Å². The minimum absolute atomic E-state index is 0. The number of rotatable bonds is 8. The summed E-state index contributed by atoms with van der Waals surface area (Å²) in [4.78, 5) is 11.4. The molecule has 0 spiro atoms. The molecule has 1 aromatic carbocycles. The number of ketones is 1. The van der Waals surface area contributed by atoms with Crippen LogP contribution in [0.2, 0.25) is 0 Å². The SMILES string of the molecule is CCC(=O)c1ccc(OCCCCNC)cc1.[Cl-]. The molecule has 0 aliphatic rings. The van der Waals surface area contributed by atoms with Crippen molar-refractivity contribution in [3.05, 3.63) is 29.8 Å². The molecule has 1 N–H and O–H groups in total. The summed E-state index contributed by atoms with van der Waals surface area (Å²) < 4.78 is 5.58. The van der Waals surface area contributed by atoms with Gasteiger partial charge in [-0.05, 0) is 50.7 Å². The van der Waals surface area contributed by atoms with E-state index >= 15 is 0 Å². The Morgan fingerprint density at radius 2 is 1.89 bits per heavy atom. The van der Waals surface area contributed by atoms with Crippen LogP contribution in [-0.2, 0) is 0 Å². The first-order chi connectivity index (χ1) is 8.27. The van der Waals surface area contributed by atoms with E-state index in [-0.39, 0.29) is 18.2 Å². The number of Topliss-reactive ketones (excluding diaryl/α,β-unsaturated/α-hetero) is 1. The zero-order valence-corrected chi connectivity index (χ0v) is 11.8. The Bertz CT molecular complexity index is 338. The molecule has 0 saturated heterocycles. The summed E-state index contributed by atoms with van der Waals surface area (Å²) in [6, 6.07) is 7.38. The van der Waals surface area contributed by atoms with E-state index < -0.39 is 0 Å². The third-order valence-corrected chi connectivity index (χ3v) is 2.59. The van der Waals surface area contributed by atoms with Gasteiger partial charge in [0.05, 0.1) is 6.61 Å². The van der Waals surface area contributed by atoms with Crippen molar-refractivity contribution in [3.8, 4) is 5.75 Å². The third kappa shape index (κ3) is 6.03. The fourth-order valence-electron chi connectivity index (χ4n) is 1.54. The molecule has 0 aliphatic heterocycles. The molecule has 0 aromatic heterocycles. The number of ether oxygens (including phenoxy) is 1. The van der Waals surface area contributed by atoms with E-state index in [1.807, 2.05) is 38.2 Å². The lowest BCUT2D eigenvalue weighted by Crippen LogP contribution is -3.00. The molecule has 0 heterocycles. The molecule has 1 rings (SSSR count). The molecule has 0 unspecified atom stereocenters. The Morgan fingerprint density at radius 3 is 2.44 bits per heavy atom. The molecule has 1 aromatic rings. The fraction of sp³-hybridized carbons (Fsp3) is 0.500. The molecule has 0 atom stereocenters. The zero-order chi connectivity index (χ0) is 12.5. The molecule has 102 valence electrons. The normalized spacial score (nSPS) is 9.67. The molecule has 4 heteroatoms. The Labute approximate surface area is 115 Å². The van der Waals surface area contributed by atoms with Gasteiger partial charge in [0.15, 0.2) is 5.78 Å². The van der Waals surface area contributed by atoms with E-state index in [9.17, 15) is 4.79 Å². The average Bonchev–Trinajstić information content (AvgIpc) is 2.38. The number of carbonyl (C=O) groups is 1. The maximum Gasteiger partial charge on any atom is 0.162 e. The van der Waals surface area contributed by atoms with Gasteiger partial charge in [-0.1, -0.05) is 6.92 Å². The van der Waals surface area contributed by atoms with Gasteiger partial charge in [0.2, 0.25) is 0 Å². The van der Waals surface area contributed by atoms with Crippen molar-refractivity contribution in [1.29, 1.82) is 0 Å². The first kappa shape index (κ1) is 16.9. The smallest absolute Gasteiger partial charge is 0.162 e. The highest BCUT2D eigenvalue weighted by Crippen LogP contribution is 2.13. The van der Waals surface area contributed by atoms with E-state index in [1.54, 1.807) is 0 Å². The number of nitrogens with one attached hydrogen (secondary N) is 1. The number of unbranched alkanes of at least 4 members (excludes halogenated alkanes) is 1. The maximum atomic E-state index is 11.4. The Hall–Kier alpha value is -1.06. The van der Waals surface area contributed by atoms with Gasteiger partial charge in [-0.2, -0.15) is 0 Å². The first-order valence-corrected chi connectivity index (χ1v) is 6.18. The minimum atomic E-state index is 0. The summed E-state index contributed by atoms with van der Waals surface area (Å²) in [5, 5.41) is 3.10. The molecular formula is C14H21ClNO2-. The van der Waals surface area contributed by atoms with Crippen LogP contribution in [0, 0.1) is 0 Å². The number of halogens is 1. The molecule has 0 amide bonds. The number of hydrogen-bond acceptors (Lipinski definition) is 3. The van der Waals surface area contributed by atoms with E-state index in [0.29, 0.717) is 6.42 Å². The summed E-state index contributed by atoms with van der Waals surface area (Å²) in [7, 11) is 1.95. The lowest BCUT2D eigenvalue weighted by atomic mass is 10.1. The maximum absolute atomic E-state index is 11.4. The van der Waals surface area contributed by atoms with Gasteiger partial charge >= 0.3 is 0 Å². The van der Waals surface area contributed by atoms with Crippen LogP contribution in [0.1, 0.15) is 36.5 Å². The molecule has 0 bridgehead atoms. The van der Waals surface area contributed by atoms with E-state index in [0.717, 1.165) is 37.3 Å². The lowest BCUT2D eigenvalue weighted by Gasteiger charge is -2.06. The monoisotopic (exact) mass is 270 g/mol. The van der Waals surface area contributed by atoms with Crippen LogP contribution in [0.4, 0.5) is 0 Å². The molecule has 0 aliphatic carbocycles. The van der Waals surface area contributed by atoms with Gasteiger partial charge in [0.1, 0.15) is 5.75 Å². The molecule has 18 heavy (non-hydrogen) atoms. The van der Waals surface area contributed by atoms with E-state index in [4.69, 9.17) is 4.74 Å². The Kier molecular flexibility index (Phi) is 9.33. The predicted octanol–water partition coefficient (Wildman–Crippen LogP) is -0.338. The number of benzene rings is 1. The fourth-order valence-corrected chi connectivity index (χ4v) is 1.54. The van der Waals surface area contributed by atoms with Crippen molar-refractivity contribution >= 4 is 5.78 Å². The Morgan fingerprint density at radius 1 is 1.22 bits per heavy atom. The minimum Gasteiger partial charge on any atom is -1.00 e. The van der Waals surface area contributed by atoms with Crippen LogP contribution in [-0.4, -0.2) is 26.0 Å². The zero-order valence-electron chi connectivity index (χ0n) is 11.0. The van der Waals surface area contributed by atoms with Crippen molar-refractivity contribution in [2.75, 3.05) is 20.2 Å². The number of carbonyl (C=O) groups excluding carboxylic acids is 1. The largest absolute Gasteiger partial charge is 1.00 e. The second kappa shape index (κ2) is 9.92. The summed E-state index contributed by atoms with van der Waals surface area (Å²) in [5.74, 6) is 1.01. The standard InChI is InChI=1S/C14H21NO2.ClH/c1-3-14(16)12-6-8-13(9-7-12)17-11-5-4-10-15-2;/h6-9,15H,3-5,10-11H2,1-2H3;1H/p-1. The highest BCUT2D eigenvalue weighted by molar-refractivity contribution is 5.95. The van der Waals surface area contributed by atoms with Crippen molar-refractivity contribution in [2.45, 2.75) is 26.2 Å². The third-order valence-electron chi connectivity index (χ3n) is 2.59. The highest BCUT2D eigenvalue weighted by Gasteiger charge is 2.02. The lowest BCUT2D eigenvalue weighted by molar-refractivity contribution is -0.0000119. The van der Waals surface area contributed by atoms with Crippen molar-refractivity contribution in [2.24, 2.45) is 0 Å². The average molecular weight is 271 g/mol. The summed E-state index contributed by atoms with van der Waals surface area (Å²) in [6.45, 7) is 3.62. The molecule has 0 radical (unpaired) electrons. The Balaban J connectivity index is 0.00000289. The second-order valence-corrected chi connectivity index (χ2v) is 3.96. The molecule has 0 fully saturated rings. The van der Waals surface area contributed by atoms with Crippen LogP contribution in [0.5, 0.6) is 5.75 Å². The van der Waals surface area contributed by atoms with Crippen molar-refractivity contribution in [1.82, 2.24) is 5.32 Å². The van der Waals surface area contributed by atoms with Gasteiger partial charge in [-0.3, -0.25) is 4.79 Å². The van der Waals surface area contributed by atoms with Crippen LogP contribution < -0.4 is 22.5 Å². The van der Waals surface area contributed by atoms with E-state index in [2.05, 4.69) is 5.32 Å².